The van der Waals surface area contributed by atoms with E-state index in [1.54, 1.807) is 19.2 Å². The molecule has 0 bridgehead atoms. The summed E-state index contributed by atoms with van der Waals surface area (Å²) in [5.74, 6) is 2.45. The molecular weight excluding hydrogens is 361 g/mol. The number of halogens is 1. The monoisotopic (exact) mass is 385 g/mol. The van der Waals surface area contributed by atoms with E-state index >= 15 is 0 Å². The Balaban J connectivity index is 1.62. The second-order valence-electron chi connectivity index (χ2n) is 6.36. The maximum absolute atomic E-state index is 13.1. The molecule has 2 N–H and O–H groups in total. The van der Waals surface area contributed by atoms with Gasteiger partial charge in [-0.25, -0.2) is 4.39 Å². The van der Waals surface area contributed by atoms with Gasteiger partial charge in [0.25, 0.3) is 0 Å². The van der Waals surface area contributed by atoms with Crippen LogP contribution in [0.15, 0.2) is 59.0 Å². The number of benzene rings is 2. The normalized spacial score (nSPS) is 12.0. The van der Waals surface area contributed by atoms with E-state index in [1.165, 1.54) is 12.1 Å². The topological polar surface area (TPSA) is 63.9 Å². The van der Waals surface area contributed by atoms with Crippen LogP contribution in [0, 0.1) is 5.82 Å². The van der Waals surface area contributed by atoms with Crippen molar-refractivity contribution in [1.29, 1.82) is 0 Å². The van der Waals surface area contributed by atoms with Crippen LogP contribution in [0.5, 0.6) is 11.5 Å². The van der Waals surface area contributed by atoms with Gasteiger partial charge in [0.15, 0.2) is 11.5 Å². The van der Waals surface area contributed by atoms with Crippen LogP contribution in [0.25, 0.3) is 11.3 Å². The molecule has 3 aromatic rings. The van der Waals surface area contributed by atoms with Gasteiger partial charge in [-0.1, -0.05) is 6.07 Å². The van der Waals surface area contributed by atoms with Crippen molar-refractivity contribution < 1.29 is 23.4 Å². The summed E-state index contributed by atoms with van der Waals surface area (Å²) in [7, 11) is 1.59. The minimum atomic E-state index is -0.269. The molecule has 0 fully saturated rings. The first-order valence-corrected chi connectivity index (χ1v) is 9.10. The zero-order chi connectivity index (χ0) is 19.9. The Morgan fingerprint density at radius 1 is 1.07 bits per heavy atom. The van der Waals surface area contributed by atoms with Crippen LogP contribution >= 0.6 is 0 Å². The van der Waals surface area contributed by atoms with E-state index in [-0.39, 0.29) is 25.1 Å². The number of aliphatic hydroxyl groups is 1. The maximum atomic E-state index is 13.1. The number of hydrogen-bond donors (Lipinski definition) is 2. The van der Waals surface area contributed by atoms with E-state index in [0.29, 0.717) is 23.8 Å². The molecule has 0 aliphatic carbocycles. The molecule has 1 unspecified atom stereocenters. The highest BCUT2D eigenvalue weighted by Gasteiger charge is 2.12. The lowest BCUT2D eigenvalue weighted by Gasteiger charge is -2.16. The second-order valence-corrected chi connectivity index (χ2v) is 6.36. The van der Waals surface area contributed by atoms with Gasteiger partial charge in [-0.05, 0) is 61.0 Å². The smallest absolute Gasteiger partial charge is 0.161 e. The molecule has 3 rings (SSSR count). The average molecular weight is 385 g/mol. The SMILES string of the molecule is COc1cc(C(C)NCc2ccc(-c3ccc(F)cc3)o2)ccc1OCCO. The van der Waals surface area contributed by atoms with E-state index < -0.39 is 0 Å². The Labute approximate surface area is 163 Å². The number of rotatable bonds is 9. The standard InChI is InChI=1S/C22H24FNO4/c1-15(17-5-9-21(27-12-11-25)22(13-17)26-2)24-14-19-8-10-20(28-19)16-3-6-18(23)7-4-16/h3-10,13,15,24-25H,11-12,14H2,1-2H3. The lowest BCUT2D eigenvalue weighted by molar-refractivity contribution is 0.196. The van der Waals surface area contributed by atoms with Gasteiger partial charge in [0.1, 0.15) is 23.9 Å². The molecule has 2 aromatic carbocycles. The fourth-order valence-electron chi connectivity index (χ4n) is 2.84. The van der Waals surface area contributed by atoms with Crippen molar-refractivity contribution in [3.63, 3.8) is 0 Å². The number of nitrogens with one attached hydrogen (secondary N) is 1. The lowest BCUT2D eigenvalue weighted by Crippen LogP contribution is -2.17. The van der Waals surface area contributed by atoms with Crippen LogP contribution in [-0.4, -0.2) is 25.4 Å². The highest BCUT2D eigenvalue weighted by molar-refractivity contribution is 5.57. The molecule has 0 amide bonds. The Kier molecular flexibility index (Phi) is 6.68. The zero-order valence-corrected chi connectivity index (χ0v) is 15.9. The van der Waals surface area contributed by atoms with Crippen molar-refractivity contribution in [3.8, 4) is 22.8 Å². The summed E-state index contributed by atoms with van der Waals surface area (Å²) in [5, 5.41) is 12.3. The fraction of sp³-hybridized carbons (Fsp3) is 0.273. The third-order valence-electron chi connectivity index (χ3n) is 4.41. The minimum Gasteiger partial charge on any atom is -0.493 e. The lowest BCUT2D eigenvalue weighted by atomic mass is 10.1. The van der Waals surface area contributed by atoms with Crippen LogP contribution < -0.4 is 14.8 Å². The molecule has 1 atom stereocenters. The Bertz CT molecular complexity index is 892. The Morgan fingerprint density at radius 2 is 1.86 bits per heavy atom. The quantitative estimate of drug-likeness (QED) is 0.574. The van der Waals surface area contributed by atoms with Crippen LogP contribution in [0.1, 0.15) is 24.3 Å². The van der Waals surface area contributed by atoms with Crippen molar-refractivity contribution in [2.24, 2.45) is 0 Å². The molecule has 0 saturated heterocycles. The molecule has 0 radical (unpaired) electrons. The average Bonchev–Trinajstić information content (AvgIpc) is 3.20. The predicted octanol–water partition coefficient (Wildman–Crippen LogP) is 4.32. The van der Waals surface area contributed by atoms with E-state index in [2.05, 4.69) is 5.32 Å². The minimum absolute atomic E-state index is 0.0497. The zero-order valence-electron chi connectivity index (χ0n) is 15.9. The molecule has 0 aliphatic rings. The molecule has 148 valence electrons. The summed E-state index contributed by atoms with van der Waals surface area (Å²) in [4.78, 5) is 0. The molecule has 5 nitrogen and oxygen atoms in total. The van der Waals surface area contributed by atoms with Gasteiger partial charge in [0.2, 0.25) is 0 Å². The highest BCUT2D eigenvalue weighted by atomic mass is 19.1. The first-order chi connectivity index (χ1) is 13.6. The molecule has 0 spiro atoms. The van der Waals surface area contributed by atoms with Crippen molar-refractivity contribution in [3.05, 3.63) is 71.7 Å². The summed E-state index contributed by atoms with van der Waals surface area (Å²) in [6.45, 7) is 2.77. The third-order valence-corrected chi connectivity index (χ3v) is 4.41. The van der Waals surface area contributed by atoms with E-state index in [9.17, 15) is 4.39 Å². The first-order valence-electron chi connectivity index (χ1n) is 9.10. The second kappa shape index (κ2) is 9.39. The summed E-state index contributed by atoms with van der Waals surface area (Å²) in [6, 6.07) is 15.8. The van der Waals surface area contributed by atoms with Crippen molar-refractivity contribution in [2.75, 3.05) is 20.3 Å². The molecular formula is C22H24FNO4. The molecule has 0 aliphatic heterocycles. The third kappa shape index (κ3) is 4.91. The van der Waals surface area contributed by atoms with Gasteiger partial charge in [0.05, 0.1) is 20.3 Å². The van der Waals surface area contributed by atoms with Crippen molar-refractivity contribution >= 4 is 0 Å². The fourth-order valence-corrected chi connectivity index (χ4v) is 2.84. The number of methoxy groups -OCH3 is 1. The van der Waals surface area contributed by atoms with Gasteiger partial charge < -0.3 is 24.3 Å². The predicted molar refractivity (Wildman–Crippen MR) is 105 cm³/mol. The van der Waals surface area contributed by atoms with Crippen LogP contribution in [0.2, 0.25) is 0 Å². The Morgan fingerprint density at radius 3 is 2.57 bits per heavy atom. The maximum Gasteiger partial charge on any atom is 0.161 e. The number of ether oxygens (including phenoxy) is 2. The summed E-state index contributed by atoms with van der Waals surface area (Å²) in [6.07, 6.45) is 0. The van der Waals surface area contributed by atoms with Gasteiger partial charge in [-0.15, -0.1) is 0 Å². The van der Waals surface area contributed by atoms with E-state index in [1.807, 2.05) is 37.3 Å². The van der Waals surface area contributed by atoms with E-state index in [0.717, 1.165) is 16.9 Å². The molecule has 28 heavy (non-hydrogen) atoms. The Hall–Kier alpha value is -2.83. The van der Waals surface area contributed by atoms with Crippen LogP contribution in [0.3, 0.4) is 0 Å². The molecule has 6 heteroatoms. The van der Waals surface area contributed by atoms with Crippen molar-refractivity contribution in [2.45, 2.75) is 19.5 Å². The van der Waals surface area contributed by atoms with Gasteiger partial charge in [-0.2, -0.15) is 0 Å². The molecule has 1 aromatic heterocycles. The summed E-state index contributed by atoms with van der Waals surface area (Å²) < 4.78 is 29.7. The highest BCUT2D eigenvalue weighted by Crippen LogP contribution is 2.30. The van der Waals surface area contributed by atoms with Crippen LogP contribution in [-0.2, 0) is 6.54 Å². The summed E-state index contributed by atoms with van der Waals surface area (Å²) in [5.41, 5.74) is 1.88. The van der Waals surface area contributed by atoms with Crippen molar-refractivity contribution in [1.82, 2.24) is 5.32 Å². The number of hydrogen-bond acceptors (Lipinski definition) is 5. The first kappa shape index (κ1) is 19.9. The van der Waals surface area contributed by atoms with Gasteiger partial charge in [0, 0.05) is 11.6 Å². The molecule has 1 heterocycles. The summed E-state index contributed by atoms with van der Waals surface area (Å²) >= 11 is 0. The molecule has 0 saturated carbocycles. The van der Waals surface area contributed by atoms with Crippen LogP contribution in [0.4, 0.5) is 4.39 Å². The van der Waals surface area contributed by atoms with Gasteiger partial charge in [-0.3, -0.25) is 0 Å². The van der Waals surface area contributed by atoms with Gasteiger partial charge >= 0.3 is 0 Å². The number of aliphatic hydroxyl groups excluding tert-OH is 1. The van der Waals surface area contributed by atoms with E-state index in [4.69, 9.17) is 19.0 Å². The number of furan rings is 1. The largest absolute Gasteiger partial charge is 0.493 e.